The van der Waals surface area contributed by atoms with E-state index in [-0.39, 0.29) is 12.3 Å². The number of rotatable bonds is 9. The van der Waals surface area contributed by atoms with Crippen LogP contribution in [0.1, 0.15) is 23.9 Å². The Balaban J connectivity index is 1.32. The Morgan fingerprint density at radius 1 is 1.16 bits per heavy atom. The van der Waals surface area contributed by atoms with E-state index in [0.717, 1.165) is 16.2 Å². The Morgan fingerprint density at radius 3 is 2.72 bits per heavy atom. The number of hydrogen-bond acceptors (Lipinski definition) is 7. The predicted octanol–water partition coefficient (Wildman–Crippen LogP) is 5.16. The maximum Gasteiger partial charge on any atom is 0.236 e. The Labute approximate surface area is 190 Å². The minimum atomic E-state index is -0.134. The van der Waals surface area contributed by atoms with Gasteiger partial charge in [0.2, 0.25) is 17.7 Å². The van der Waals surface area contributed by atoms with E-state index in [2.05, 4.69) is 15.3 Å². The summed E-state index contributed by atoms with van der Waals surface area (Å²) in [6.45, 7) is 4.73. The first-order valence-electron chi connectivity index (χ1n) is 10.2. The largest absolute Gasteiger partial charge is 0.494 e. The van der Waals surface area contributed by atoms with Crippen molar-refractivity contribution in [3.63, 3.8) is 0 Å². The molecule has 4 rings (SSSR count). The molecule has 0 aliphatic carbocycles. The number of aromatic nitrogens is 2. The lowest BCUT2D eigenvalue weighted by Crippen LogP contribution is -2.25. The van der Waals surface area contributed by atoms with Crippen LogP contribution in [0.2, 0.25) is 0 Å². The zero-order chi connectivity index (χ0) is 22.3. The maximum absolute atomic E-state index is 12.4. The van der Waals surface area contributed by atoms with Crippen LogP contribution in [-0.2, 0) is 17.8 Å². The molecule has 1 aromatic carbocycles. The number of nitrogens with one attached hydrogen (secondary N) is 1. The lowest BCUT2D eigenvalue weighted by Gasteiger charge is -2.09. The van der Waals surface area contributed by atoms with E-state index in [4.69, 9.17) is 13.9 Å². The molecule has 0 aliphatic heterocycles. The van der Waals surface area contributed by atoms with Gasteiger partial charge in [0.25, 0.3) is 0 Å². The standard InChI is InChI=1S/C24H23N3O4S/c1-3-29-18-6-8-19(9-7-18)31-23-13-17(10-11-25-23)15-26-22(28)14-20-16(2)30-24(27-20)21-5-4-12-32-21/h4-13H,3,14-15H2,1-2H3,(H,26,28). The van der Waals surface area contributed by atoms with Crippen LogP contribution in [0.4, 0.5) is 0 Å². The van der Waals surface area contributed by atoms with Crippen molar-refractivity contribution >= 4 is 17.2 Å². The molecule has 0 atom stereocenters. The molecule has 0 aliphatic rings. The van der Waals surface area contributed by atoms with Crippen LogP contribution in [0.5, 0.6) is 17.4 Å². The van der Waals surface area contributed by atoms with Gasteiger partial charge < -0.3 is 19.2 Å². The van der Waals surface area contributed by atoms with Crippen LogP contribution in [0, 0.1) is 6.92 Å². The number of pyridine rings is 1. The van der Waals surface area contributed by atoms with E-state index in [1.54, 1.807) is 23.6 Å². The van der Waals surface area contributed by atoms with E-state index < -0.39 is 0 Å². The number of benzene rings is 1. The molecule has 0 saturated carbocycles. The zero-order valence-electron chi connectivity index (χ0n) is 17.8. The van der Waals surface area contributed by atoms with Gasteiger partial charge in [-0.3, -0.25) is 4.79 Å². The van der Waals surface area contributed by atoms with E-state index >= 15 is 0 Å². The summed E-state index contributed by atoms with van der Waals surface area (Å²) in [5.74, 6) is 2.96. The van der Waals surface area contributed by atoms with Crippen LogP contribution in [-0.4, -0.2) is 22.5 Å². The molecule has 164 valence electrons. The fourth-order valence-electron chi connectivity index (χ4n) is 3.02. The highest BCUT2D eigenvalue weighted by Crippen LogP contribution is 2.26. The fraction of sp³-hybridized carbons (Fsp3) is 0.208. The lowest BCUT2D eigenvalue weighted by molar-refractivity contribution is -0.120. The van der Waals surface area contributed by atoms with Crippen LogP contribution < -0.4 is 14.8 Å². The van der Waals surface area contributed by atoms with Gasteiger partial charge in [-0.1, -0.05) is 6.07 Å². The van der Waals surface area contributed by atoms with Crippen molar-refractivity contribution in [1.82, 2.24) is 15.3 Å². The second-order valence-electron chi connectivity index (χ2n) is 6.96. The van der Waals surface area contributed by atoms with Gasteiger partial charge in [0, 0.05) is 18.8 Å². The summed E-state index contributed by atoms with van der Waals surface area (Å²) < 4.78 is 16.9. The molecule has 0 bridgehead atoms. The highest BCUT2D eigenvalue weighted by Gasteiger charge is 2.15. The number of aryl methyl sites for hydroxylation is 1. The topological polar surface area (TPSA) is 86.5 Å². The van der Waals surface area contributed by atoms with Crippen LogP contribution in [0.25, 0.3) is 10.8 Å². The summed E-state index contributed by atoms with van der Waals surface area (Å²) in [5.41, 5.74) is 1.52. The zero-order valence-corrected chi connectivity index (χ0v) is 18.6. The number of hydrogen-bond donors (Lipinski definition) is 1. The summed E-state index contributed by atoms with van der Waals surface area (Å²) >= 11 is 1.55. The van der Waals surface area contributed by atoms with Crippen molar-refractivity contribution in [3.05, 3.63) is 77.1 Å². The van der Waals surface area contributed by atoms with Gasteiger partial charge in [-0.05, 0) is 61.2 Å². The van der Waals surface area contributed by atoms with Gasteiger partial charge in [0.05, 0.1) is 23.6 Å². The molecule has 0 unspecified atom stereocenters. The Bertz CT molecular complexity index is 1170. The molecule has 32 heavy (non-hydrogen) atoms. The number of ether oxygens (including phenoxy) is 2. The van der Waals surface area contributed by atoms with Gasteiger partial charge in [0.1, 0.15) is 17.3 Å². The molecule has 0 saturated heterocycles. The molecule has 3 aromatic heterocycles. The molecule has 0 spiro atoms. The van der Waals surface area contributed by atoms with Gasteiger partial charge in [-0.15, -0.1) is 11.3 Å². The third kappa shape index (κ3) is 5.53. The molecule has 3 heterocycles. The van der Waals surface area contributed by atoms with Gasteiger partial charge >= 0.3 is 0 Å². The summed E-state index contributed by atoms with van der Waals surface area (Å²) in [6.07, 6.45) is 1.81. The Hall–Kier alpha value is -3.65. The van der Waals surface area contributed by atoms with E-state index in [1.807, 2.05) is 61.7 Å². The average Bonchev–Trinajstić information content (AvgIpc) is 3.45. The molecule has 1 N–H and O–H groups in total. The van der Waals surface area contributed by atoms with Crippen molar-refractivity contribution in [1.29, 1.82) is 0 Å². The van der Waals surface area contributed by atoms with Crippen LogP contribution in [0.3, 0.4) is 0 Å². The molecular formula is C24H23N3O4S. The SMILES string of the molecule is CCOc1ccc(Oc2cc(CNC(=O)Cc3nc(-c4cccs4)oc3C)ccn2)cc1. The summed E-state index contributed by atoms with van der Waals surface area (Å²) in [5, 5.41) is 4.88. The Kier molecular flexibility index (Phi) is 6.81. The van der Waals surface area contributed by atoms with Gasteiger partial charge in [0.15, 0.2) is 0 Å². The second-order valence-corrected chi connectivity index (χ2v) is 7.91. The summed E-state index contributed by atoms with van der Waals surface area (Å²) in [7, 11) is 0. The van der Waals surface area contributed by atoms with Crippen molar-refractivity contribution in [2.75, 3.05) is 6.61 Å². The van der Waals surface area contributed by atoms with E-state index in [0.29, 0.717) is 42.1 Å². The average molecular weight is 450 g/mol. The number of thiophene rings is 1. The van der Waals surface area contributed by atoms with Crippen molar-refractivity contribution in [2.24, 2.45) is 0 Å². The smallest absolute Gasteiger partial charge is 0.236 e. The lowest BCUT2D eigenvalue weighted by atomic mass is 10.2. The predicted molar refractivity (Wildman–Crippen MR) is 122 cm³/mol. The maximum atomic E-state index is 12.4. The van der Waals surface area contributed by atoms with Crippen molar-refractivity contribution < 1.29 is 18.7 Å². The third-order valence-electron chi connectivity index (χ3n) is 4.60. The van der Waals surface area contributed by atoms with E-state index in [9.17, 15) is 4.79 Å². The van der Waals surface area contributed by atoms with Crippen molar-refractivity contribution in [2.45, 2.75) is 26.8 Å². The number of carbonyl (C=O) groups is 1. The minimum Gasteiger partial charge on any atom is -0.494 e. The van der Waals surface area contributed by atoms with Crippen LogP contribution >= 0.6 is 11.3 Å². The van der Waals surface area contributed by atoms with Crippen molar-refractivity contribution in [3.8, 4) is 28.1 Å². The first-order chi connectivity index (χ1) is 15.6. The molecule has 4 aromatic rings. The van der Waals surface area contributed by atoms with Gasteiger partial charge in [-0.2, -0.15) is 0 Å². The molecule has 1 amide bonds. The molecule has 0 fully saturated rings. The Morgan fingerprint density at radius 2 is 1.97 bits per heavy atom. The number of amides is 1. The number of carbonyl (C=O) groups excluding carboxylic acids is 1. The normalized spacial score (nSPS) is 10.7. The van der Waals surface area contributed by atoms with Crippen LogP contribution in [0.15, 0.2) is 64.5 Å². The minimum absolute atomic E-state index is 0.134. The molecule has 7 nitrogen and oxygen atoms in total. The fourth-order valence-corrected chi connectivity index (χ4v) is 3.67. The second kappa shape index (κ2) is 10.1. The molecular weight excluding hydrogens is 426 g/mol. The highest BCUT2D eigenvalue weighted by molar-refractivity contribution is 7.13. The van der Waals surface area contributed by atoms with E-state index in [1.165, 1.54) is 0 Å². The number of nitrogens with zero attached hydrogens (tertiary/aromatic N) is 2. The quantitative estimate of drug-likeness (QED) is 0.380. The third-order valence-corrected chi connectivity index (χ3v) is 5.46. The highest BCUT2D eigenvalue weighted by atomic mass is 32.1. The monoisotopic (exact) mass is 449 g/mol. The number of oxazole rings is 1. The first-order valence-corrected chi connectivity index (χ1v) is 11.1. The summed E-state index contributed by atoms with van der Waals surface area (Å²) in [6, 6.07) is 14.9. The van der Waals surface area contributed by atoms with Gasteiger partial charge in [-0.25, -0.2) is 9.97 Å². The molecule has 0 radical (unpaired) electrons. The molecule has 8 heteroatoms. The first kappa shape index (κ1) is 21.6. The summed E-state index contributed by atoms with van der Waals surface area (Å²) in [4.78, 5) is 22.1.